The molecule has 8 aromatic carbocycles. The van der Waals surface area contributed by atoms with Crippen molar-refractivity contribution in [1.29, 1.82) is 0 Å². The van der Waals surface area contributed by atoms with Crippen molar-refractivity contribution in [2.24, 2.45) is 0 Å². The lowest BCUT2D eigenvalue weighted by atomic mass is 10.0. The van der Waals surface area contributed by atoms with Crippen LogP contribution in [0.4, 0.5) is 22.7 Å². The summed E-state index contributed by atoms with van der Waals surface area (Å²) in [6.45, 7) is 0. The van der Waals surface area contributed by atoms with Crippen molar-refractivity contribution < 1.29 is 9.13 Å². The maximum atomic E-state index is 15.0. The van der Waals surface area contributed by atoms with Gasteiger partial charge in [-0.25, -0.2) is 0 Å². The second kappa shape index (κ2) is 14.5. The molecule has 0 radical (unpaired) electrons. The minimum atomic E-state index is -3.12. The molecule has 2 heterocycles. The van der Waals surface area contributed by atoms with Crippen LogP contribution in [0.2, 0.25) is 0 Å². The zero-order valence-corrected chi connectivity index (χ0v) is 33.1. The van der Waals surface area contributed by atoms with Gasteiger partial charge < -0.3 is 0 Å². The fourth-order valence-corrected chi connectivity index (χ4v) is 14.2. The van der Waals surface area contributed by atoms with Crippen LogP contribution < -0.4 is 30.6 Å². The number of hydrogen-bond donors (Lipinski definition) is 0. The van der Waals surface area contributed by atoms with Gasteiger partial charge in [-0.15, -0.1) is 0 Å². The summed E-state index contributed by atoms with van der Waals surface area (Å²) in [6.07, 6.45) is 0. The van der Waals surface area contributed by atoms with Crippen molar-refractivity contribution in [3.63, 3.8) is 0 Å². The molecule has 2 unspecified atom stereocenters. The molecular formula is C48H35BrN2O2P2. The average Bonchev–Trinajstić information content (AvgIpc) is 3.26. The molecule has 8 aromatic rings. The molecule has 0 aromatic heterocycles. The van der Waals surface area contributed by atoms with Crippen LogP contribution in [0.15, 0.2) is 217 Å². The second-order valence-electron chi connectivity index (χ2n) is 13.3. The summed E-state index contributed by atoms with van der Waals surface area (Å²) >= 11 is 3.60. The minimum absolute atomic E-state index is 0.833. The molecule has 0 saturated carbocycles. The van der Waals surface area contributed by atoms with Gasteiger partial charge in [-0.1, -0.05) is 143 Å². The van der Waals surface area contributed by atoms with Gasteiger partial charge in [-0.3, -0.25) is 18.5 Å². The van der Waals surface area contributed by atoms with Crippen LogP contribution in [0.5, 0.6) is 0 Å². The fourth-order valence-electron chi connectivity index (χ4n) is 7.76. The molecule has 0 amide bonds. The van der Waals surface area contributed by atoms with Gasteiger partial charge >= 0.3 is 0 Å². The first kappa shape index (κ1) is 35.0. The molecule has 2 aliphatic rings. The van der Waals surface area contributed by atoms with E-state index in [-0.39, 0.29) is 0 Å². The first-order chi connectivity index (χ1) is 27.0. The van der Waals surface area contributed by atoms with Crippen LogP contribution >= 0.6 is 30.5 Å². The predicted octanol–water partition coefficient (Wildman–Crippen LogP) is 12.2. The van der Waals surface area contributed by atoms with E-state index in [1.54, 1.807) is 0 Å². The molecule has 10 rings (SSSR count). The van der Waals surface area contributed by atoms with Gasteiger partial charge in [0.25, 0.3) is 0 Å². The van der Waals surface area contributed by atoms with Gasteiger partial charge in [-0.2, -0.15) is 0 Å². The number of rotatable bonds is 4. The molecule has 0 fully saturated rings. The third kappa shape index (κ3) is 5.92. The van der Waals surface area contributed by atoms with Crippen LogP contribution in [0.25, 0.3) is 22.3 Å². The number of para-hydroxylation sites is 3. The van der Waals surface area contributed by atoms with Crippen molar-refractivity contribution in [1.82, 2.24) is 0 Å². The molecule has 0 spiro atoms. The SMILES string of the molecule is O=P1(c2ccccc2)c2ccccc2-c2cc(Br)ccc2N1c1ccccc1.O=P1(c2ccccc2)c2ccccc2-c2ccccc2N1c1ccccc1. The second-order valence-corrected chi connectivity index (χ2v) is 19.3. The van der Waals surface area contributed by atoms with Gasteiger partial charge in [0.05, 0.1) is 11.4 Å². The summed E-state index contributed by atoms with van der Waals surface area (Å²) in [7, 11) is -6.20. The quantitative estimate of drug-likeness (QED) is 0.166. The fraction of sp³-hybridized carbons (Fsp3) is 0. The van der Waals surface area contributed by atoms with E-state index in [4.69, 9.17) is 0 Å². The summed E-state index contributed by atoms with van der Waals surface area (Å²) in [5.41, 5.74) is 8.07. The van der Waals surface area contributed by atoms with Crippen molar-refractivity contribution in [3.05, 3.63) is 217 Å². The Labute approximate surface area is 330 Å². The van der Waals surface area contributed by atoms with Gasteiger partial charge in [0, 0.05) is 48.2 Å². The Kier molecular flexibility index (Phi) is 9.24. The molecule has 2 aliphatic heterocycles. The van der Waals surface area contributed by atoms with Gasteiger partial charge in [0.2, 0.25) is 14.6 Å². The lowest BCUT2D eigenvalue weighted by Crippen LogP contribution is -2.33. The highest BCUT2D eigenvalue weighted by Crippen LogP contribution is 2.62. The van der Waals surface area contributed by atoms with E-state index < -0.39 is 14.6 Å². The highest BCUT2D eigenvalue weighted by atomic mass is 79.9. The van der Waals surface area contributed by atoms with E-state index in [9.17, 15) is 9.13 Å². The Morgan fingerprint density at radius 3 is 1.20 bits per heavy atom. The highest BCUT2D eigenvalue weighted by molar-refractivity contribution is 9.10. The van der Waals surface area contributed by atoms with E-state index in [0.717, 1.165) is 70.7 Å². The van der Waals surface area contributed by atoms with Crippen molar-refractivity contribution in [2.75, 3.05) is 9.34 Å². The van der Waals surface area contributed by atoms with Crippen molar-refractivity contribution in [3.8, 4) is 22.3 Å². The van der Waals surface area contributed by atoms with Crippen molar-refractivity contribution >= 4 is 74.5 Å². The number of halogens is 1. The summed E-state index contributed by atoms with van der Waals surface area (Å²) in [6, 6.07) is 70.2. The molecular weight excluding hydrogens is 778 g/mol. The molecule has 2 atom stereocenters. The van der Waals surface area contributed by atoms with E-state index in [2.05, 4.69) is 52.3 Å². The number of benzene rings is 8. The van der Waals surface area contributed by atoms with Gasteiger partial charge in [0.1, 0.15) is 0 Å². The summed E-state index contributed by atoms with van der Waals surface area (Å²) in [5.74, 6) is 0. The summed E-state index contributed by atoms with van der Waals surface area (Å²) < 4.78 is 34.9. The molecule has 0 N–H and O–H groups in total. The molecule has 0 saturated heterocycles. The number of anilines is 4. The molecule has 4 nitrogen and oxygen atoms in total. The maximum Gasteiger partial charge on any atom is 0.234 e. The molecule has 55 heavy (non-hydrogen) atoms. The van der Waals surface area contributed by atoms with E-state index in [1.165, 1.54) is 0 Å². The number of fused-ring (bicyclic) bond motifs is 6. The van der Waals surface area contributed by atoms with E-state index in [0.29, 0.717) is 0 Å². The van der Waals surface area contributed by atoms with Gasteiger partial charge in [-0.05, 0) is 96.1 Å². The standard InChI is InChI=1S/C24H17BrNOP.C24H18NOP/c25-18-15-16-23-22(17-18)21-13-7-8-14-24(21)28(27,20-11-5-2-6-12-20)26(23)19-9-3-1-4-10-19;26-27(20-13-5-2-6-14-20)24-18-10-8-16-22(24)21-15-7-9-17-23(21)25(27)19-11-3-1-4-12-19/h1-17H;1-18H. The average molecular weight is 814 g/mol. The molecule has 7 heteroatoms. The Hall–Kier alpha value is -5.70. The number of nitrogens with zero attached hydrogens (tertiary/aromatic N) is 2. The predicted molar refractivity (Wildman–Crippen MR) is 235 cm³/mol. The molecule has 0 aliphatic carbocycles. The lowest BCUT2D eigenvalue weighted by Gasteiger charge is -2.40. The lowest BCUT2D eigenvalue weighted by molar-refractivity contribution is 0.586. The minimum Gasteiger partial charge on any atom is -0.289 e. The van der Waals surface area contributed by atoms with Crippen LogP contribution in [0, 0.1) is 0 Å². The van der Waals surface area contributed by atoms with Crippen LogP contribution in [-0.2, 0) is 9.13 Å². The first-order valence-corrected chi connectivity index (χ1v) is 22.2. The Morgan fingerprint density at radius 1 is 0.345 bits per heavy atom. The normalized spacial score (nSPS) is 17.8. The van der Waals surface area contributed by atoms with Crippen molar-refractivity contribution in [2.45, 2.75) is 0 Å². The summed E-state index contributed by atoms with van der Waals surface area (Å²) in [4.78, 5) is 0. The zero-order chi connectivity index (χ0) is 37.4. The van der Waals surface area contributed by atoms with Crippen LogP contribution in [0.3, 0.4) is 0 Å². The highest BCUT2D eigenvalue weighted by Gasteiger charge is 2.44. The molecule has 0 bridgehead atoms. The smallest absolute Gasteiger partial charge is 0.234 e. The third-order valence-corrected chi connectivity index (χ3v) is 16.7. The Morgan fingerprint density at radius 2 is 0.709 bits per heavy atom. The maximum absolute atomic E-state index is 15.0. The van der Waals surface area contributed by atoms with Crippen LogP contribution in [-0.4, -0.2) is 0 Å². The van der Waals surface area contributed by atoms with E-state index >= 15 is 0 Å². The zero-order valence-electron chi connectivity index (χ0n) is 29.7. The first-order valence-electron chi connectivity index (χ1n) is 18.1. The van der Waals surface area contributed by atoms with Crippen LogP contribution in [0.1, 0.15) is 0 Å². The Balaban J connectivity index is 0.000000144. The summed E-state index contributed by atoms with van der Waals surface area (Å²) in [5, 5.41) is 3.44. The Bertz CT molecular complexity index is 2750. The number of hydrogen-bond acceptors (Lipinski definition) is 2. The third-order valence-electron chi connectivity index (χ3n) is 10.1. The molecule has 266 valence electrons. The largest absolute Gasteiger partial charge is 0.289 e. The van der Waals surface area contributed by atoms with E-state index in [1.807, 2.05) is 185 Å². The monoisotopic (exact) mass is 812 g/mol. The topological polar surface area (TPSA) is 40.6 Å². The van der Waals surface area contributed by atoms with Gasteiger partial charge in [0.15, 0.2) is 0 Å².